The van der Waals surface area contributed by atoms with Crippen LogP contribution in [-0.4, -0.2) is 17.0 Å². The second-order valence-electron chi connectivity index (χ2n) is 3.16. The summed E-state index contributed by atoms with van der Waals surface area (Å²) in [5.74, 6) is 2.85. The van der Waals surface area contributed by atoms with Gasteiger partial charge < -0.3 is 21.4 Å². The minimum atomic E-state index is -0.879. The molecule has 7 heteroatoms. The van der Waals surface area contributed by atoms with E-state index in [9.17, 15) is 9.59 Å². The SMILES string of the molecule is CC(C(=O)ON)=C(N)N.O=C(O)c1ccccc1. The van der Waals surface area contributed by atoms with Crippen LogP contribution in [-0.2, 0) is 9.63 Å². The first-order valence-corrected chi connectivity index (χ1v) is 4.81. The standard InChI is InChI=1S/C7H6O2.C4H9N3O2/c8-7(9)6-4-2-1-3-5-6;1-2(3(5)6)4(8)9-7/h1-5H,(H,8,9);5-7H2,1H3. The summed E-state index contributed by atoms with van der Waals surface area (Å²) in [6, 6.07) is 8.30. The van der Waals surface area contributed by atoms with Crippen molar-refractivity contribution in [1.29, 1.82) is 0 Å². The van der Waals surface area contributed by atoms with E-state index in [-0.39, 0.29) is 11.4 Å². The van der Waals surface area contributed by atoms with Crippen molar-refractivity contribution in [3.8, 4) is 0 Å². The van der Waals surface area contributed by atoms with Crippen molar-refractivity contribution in [3.63, 3.8) is 0 Å². The highest BCUT2D eigenvalue weighted by atomic mass is 16.7. The Bertz CT molecular complexity index is 439. The van der Waals surface area contributed by atoms with Gasteiger partial charge in [0.05, 0.1) is 11.1 Å². The molecule has 98 valence electrons. The molecule has 7 nitrogen and oxygen atoms in total. The van der Waals surface area contributed by atoms with Gasteiger partial charge >= 0.3 is 11.9 Å². The lowest BCUT2D eigenvalue weighted by Gasteiger charge is -1.97. The zero-order valence-electron chi connectivity index (χ0n) is 9.79. The van der Waals surface area contributed by atoms with Gasteiger partial charge in [-0.2, -0.15) is 5.90 Å². The van der Waals surface area contributed by atoms with Crippen molar-refractivity contribution in [2.24, 2.45) is 17.4 Å². The highest BCUT2D eigenvalue weighted by Crippen LogP contribution is 1.96. The average molecular weight is 253 g/mol. The Kier molecular flexibility index (Phi) is 6.60. The van der Waals surface area contributed by atoms with Crippen molar-refractivity contribution >= 4 is 11.9 Å². The molecule has 0 fully saturated rings. The smallest absolute Gasteiger partial charge is 0.355 e. The Labute approximate surface area is 104 Å². The van der Waals surface area contributed by atoms with Gasteiger partial charge in [-0.15, -0.1) is 0 Å². The summed E-state index contributed by atoms with van der Waals surface area (Å²) in [4.78, 5) is 24.4. The average Bonchev–Trinajstić information content (AvgIpc) is 2.38. The molecule has 1 aromatic carbocycles. The van der Waals surface area contributed by atoms with E-state index in [0.29, 0.717) is 5.56 Å². The molecule has 0 amide bonds. The molecule has 0 atom stereocenters. The predicted octanol–water partition coefficient (Wildman–Crippen LogP) is -0.0630. The lowest BCUT2D eigenvalue weighted by molar-refractivity contribution is -0.139. The summed E-state index contributed by atoms with van der Waals surface area (Å²) >= 11 is 0. The molecule has 1 rings (SSSR count). The molecule has 0 heterocycles. The molecule has 0 aromatic heterocycles. The summed E-state index contributed by atoms with van der Waals surface area (Å²) in [5.41, 5.74) is 10.5. The third-order valence-electron chi connectivity index (χ3n) is 1.87. The van der Waals surface area contributed by atoms with Crippen LogP contribution in [0.15, 0.2) is 41.7 Å². The molecule has 1 aromatic rings. The molecule has 0 aliphatic heterocycles. The van der Waals surface area contributed by atoms with Crippen molar-refractivity contribution in [2.45, 2.75) is 6.92 Å². The van der Waals surface area contributed by atoms with Gasteiger partial charge in [0.15, 0.2) is 0 Å². The molecular formula is C11H15N3O4. The Hall–Kier alpha value is -2.54. The predicted molar refractivity (Wildman–Crippen MR) is 64.8 cm³/mol. The maximum absolute atomic E-state index is 10.4. The molecule has 7 N–H and O–H groups in total. The number of hydrogen-bond donors (Lipinski definition) is 4. The molecule has 0 aliphatic carbocycles. The number of benzene rings is 1. The number of carbonyl (C=O) groups excluding carboxylic acids is 1. The van der Waals surface area contributed by atoms with Crippen LogP contribution < -0.4 is 17.4 Å². The van der Waals surface area contributed by atoms with Crippen LogP contribution in [0.1, 0.15) is 17.3 Å². The second-order valence-corrected chi connectivity index (χ2v) is 3.16. The molecule has 18 heavy (non-hydrogen) atoms. The first kappa shape index (κ1) is 15.5. The summed E-state index contributed by atoms with van der Waals surface area (Å²) in [5, 5.41) is 8.38. The molecule has 0 saturated carbocycles. The van der Waals surface area contributed by atoms with E-state index in [2.05, 4.69) is 10.7 Å². The first-order chi connectivity index (χ1) is 8.40. The molecule has 0 aliphatic rings. The Morgan fingerprint density at radius 2 is 1.67 bits per heavy atom. The van der Waals surface area contributed by atoms with Gasteiger partial charge in [0.1, 0.15) is 5.82 Å². The van der Waals surface area contributed by atoms with Crippen molar-refractivity contribution in [3.05, 3.63) is 47.3 Å². The van der Waals surface area contributed by atoms with Crippen LogP contribution in [0, 0.1) is 0 Å². The fourth-order valence-corrected chi connectivity index (χ4v) is 0.787. The molecule has 0 unspecified atom stereocenters. The van der Waals surface area contributed by atoms with Crippen LogP contribution in [0.4, 0.5) is 0 Å². The van der Waals surface area contributed by atoms with Gasteiger partial charge in [-0.1, -0.05) is 18.2 Å². The van der Waals surface area contributed by atoms with Crippen LogP contribution in [0.3, 0.4) is 0 Å². The Morgan fingerprint density at radius 1 is 1.17 bits per heavy atom. The molecule has 0 spiro atoms. The molecule has 0 bridgehead atoms. The van der Waals surface area contributed by atoms with Crippen LogP contribution in [0.2, 0.25) is 0 Å². The lowest BCUT2D eigenvalue weighted by Crippen LogP contribution is -2.19. The van der Waals surface area contributed by atoms with E-state index in [0.717, 1.165) is 0 Å². The van der Waals surface area contributed by atoms with Gasteiger partial charge in [-0.3, -0.25) is 0 Å². The summed E-state index contributed by atoms with van der Waals surface area (Å²) in [7, 11) is 0. The van der Waals surface area contributed by atoms with Crippen LogP contribution in [0.5, 0.6) is 0 Å². The van der Waals surface area contributed by atoms with Gasteiger partial charge in [-0.25, -0.2) is 9.59 Å². The Balaban J connectivity index is 0.000000321. The van der Waals surface area contributed by atoms with Crippen molar-refractivity contribution < 1.29 is 19.5 Å². The Morgan fingerprint density at radius 3 is 1.89 bits per heavy atom. The highest BCUT2D eigenvalue weighted by molar-refractivity contribution is 5.88. The quantitative estimate of drug-likeness (QED) is 0.427. The number of aromatic carboxylic acids is 1. The number of carboxylic acid groups (broad SMARTS) is 1. The fourth-order valence-electron chi connectivity index (χ4n) is 0.787. The maximum Gasteiger partial charge on any atom is 0.355 e. The summed E-state index contributed by atoms with van der Waals surface area (Å²) in [6.07, 6.45) is 0. The van der Waals surface area contributed by atoms with Gasteiger partial charge in [0.2, 0.25) is 0 Å². The van der Waals surface area contributed by atoms with Gasteiger partial charge in [0, 0.05) is 0 Å². The topological polar surface area (TPSA) is 142 Å². The minimum Gasteiger partial charge on any atom is -0.478 e. The number of carboxylic acids is 1. The van der Waals surface area contributed by atoms with E-state index < -0.39 is 11.9 Å². The van der Waals surface area contributed by atoms with Crippen LogP contribution >= 0.6 is 0 Å². The molecule has 0 radical (unpaired) electrons. The zero-order chi connectivity index (χ0) is 14.1. The second kappa shape index (κ2) is 7.69. The van der Waals surface area contributed by atoms with E-state index in [1.54, 1.807) is 30.3 Å². The van der Waals surface area contributed by atoms with Crippen molar-refractivity contribution in [1.82, 2.24) is 0 Å². The normalized spacial score (nSPS) is 8.56. The third kappa shape index (κ3) is 5.52. The maximum atomic E-state index is 10.4. The first-order valence-electron chi connectivity index (χ1n) is 4.81. The van der Waals surface area contributed by atoms with Crippen LogP contribution in [0.25, 0.3) is 0 Å². The number of nitrogens with two attached hydrogens (primary N) is 3. The third-order valence-corrected chi connectivity index (χ3v) is 1.87. The van der Waals surface area contributed by atoms with Gasteiger partial charge in [0.25, 0.3) is 0 Å². The van der Waals surface area contributed by atoms with E-state index in [4.69, 9.17) is 16.6 Å². The fraction of sp³-hybridized carbons (Fsp3) is 0.0909. The number of hydrogen-bond acceptors (Lipinski definition) is 6. The number of carbonyl (C=O) groups is 2. The molecular weight excluding hydrogens is 238 g/mol. The van der Waals surface area contributed by atoms with E-state index >= 15 is 0 Å². The highest BCUT2D eigenvalue weighted by Gasteiger charge is 2.05. The van der Waals surface area contributed by atoms with Crippen molar-refractivity contribution in [2.75, 3.05) is 0 Å². The molecule has 0 saturated heterocycles. The van der Waals surface area contributed by atoms with E-state index in [1.807, 2.05) is 0 Å². The summed E-state index contributed by atoms with van der Waals surface area (Å²) < 4.78 is 0. The van der Waals surface area contributed by atoms with Gasteiger partial charge in [-0.05, 0) is 19.1 Å². The lowest BCUT2D eigenvalue weighted by atomic mass is 10.2. The summed E-state index contributed by atoms with van der Waals surface area (Å²) in [6.45, 7) is 1.42. The largest absolute Gasteiger partial charge is 0.478 e. The monoisotopic (exact) mass is 253 g/mol. The minimum absolute atomic E-state index is 0.0783. The number of rotatable bonds is 2. The van der Waals surface area contributed by atoms with E-state index in [1.165, 1.54) is 6.92 Å². The zero-order valence-corrected chi connectivity index (χ0v) is 9.79.